The molecule has 14 heavy (non-hydrogen) atoms. The quantitative estimate of drug-likeness (QED) is 0.826. The molecule has 0 spiro atoms. The van der Waals surface area contributed by atoms with E-state index >= 15 is 0 Å². The van der Waals surface area contributed by atoms with Gasteiger partial charge in [-0.2, -0.15) is 0 Å². The molecular formula is C8H13ClN4S. The predicted octanol–water partition coefficient (Wildman–Crippen LogP) is 0.985. The summed E-state index contributed by atoms with van der Waals surface area (Å²) in [6, 6.07) is 0.550. The minimum Gasteiger partial charge on any atom is -0.312 e. The Hall–Kier alpha value is -0.230. The van der Waals surface area contributed by atoms with Crippen molar-refractivity contribution in [2.75, 3.05) is 19.6 Å². The van der Waals surface area contributed by atoms with Crippen LogP contribution in [0.25, 0.3) is 0 Å². The van der Waals surface area contributed by atoms with Crippen LogP contribution in [-0.2, 0) is 6.54 Å². The molecule has 0 aliphatic carbocycles. The van der Waals surface area contributed by atoms with Crippen molar-refractivity contribution >= 4 is 23.1 Å². The van der Waals surface area contributed by atoms with Crippen molar-refractivity contribution in [3.63, 3.8) is 0 Å². The zero-order valence-corrected chi connectivity index (χ0v) is 9.61. The molecule has 1 N–H and O–H groups in total. The topological polar surface area (TPSA) is 41.1 Å². The monoisotopic (exact) mass is 232 g/mol. The summed E-state index contributed by atoms with van der Waals surface area (Å²) in [6.45, 7) is 6.15. The summed E-state index contributed by atoms with van der Waals surface area (Å²) in [4.78, 5) is 2.35. The highest BCUT2D eigenvalue weighted by molar-refractivity contribution is 7.10. The maximum atomic E-state index is 5.95. The van der Waals surface area contributed by atoms with E-state index in [9.17, 15) is 0 Å². The first-order chi connectivity index (χ1) is 6.75. The summed E-state index contributed by atoms with van der Waals surface area (Å²) >= 11 is 7.20. The Balaban J connectivity index is 1.94. The summed E-state index contributed by atoms with van der Waals surface area (Å²) in [6.07, 6.45) is 0. The fourth-order valence-electron chi connectivity index (χ4n) is 1.66. The van der Waals surface area contributed by atoms with Gasteiger partial charge < -0.3 is 5.32 Å². The Morgan fingerprint density at radius 3 is 3.21 bits per heavy atom. The Morgan fingerprint density at radius 1 is 1.71 bits per heavy atom. The molecule has 1 aliphatic rings. The molecule has 1 aliphatic heterocycles. The zero-order chi connectivity index (χ0) is 9.97. The number of piperazine rings is 1. The molecule has 1 aromatic rings. The minimum absolute atomic E-state index is 0.550. The van der Waals surface area contributed by atoms with Crippen LogP contribution in [0.4, 0.5) is 0 Å². The number of rotatable bonds is 2. The first-order valence-corrected chi connectivity index (χ1v) is 5.83. The van der Waals surface area contributed by atoms with Crippen molar-refractivity contribution in [1.82, 2.24) is 19.8 Å². The van der Waals surface area contributed by atoms with Crippen LogP contribution in [0, 0.1) is 0 Å². The molecule has 0 amide bonds. The van der Waals surface area contributed by atoms with Crippen molar-refractivity contribution < 1.29 is 0 Å². The molecule has 2 heterocycles. The second-order valence-electron chi connectivity index (χ2n) is 3.58. The molecule has 0 radical (unpaired) electrons. The lowest BCUT2D eigenvalue weighted by atomic mass is 10.2. The largest absolute Gasteiger partial charge is 0.312 e. The second kappa shape index (κ2) is 4.53. The predicted molar refractivity (Wildman–Crippen MR) is 57.7 cm³/mol. The van der Waals surface area contributed by atoms with Crippen LogP contribution in [-0.4, -0.2) is 40.2 Å². The van der Waals surface area contributed by atoms with E-state index in [1.165, 1.54) is 11.5 Å². The van der Waals surface area contributed by atoms with Crippen LogP contribution in [0.15, 0.2) is 0 Å². The molecule has 0 bridgehead atoms. The van der Waals surface area contributed by atoms with Gasteiger partial charge in [0, 0.05) is 43.8 Å². The first kappa shape index (κ1) is 10.3. The zero-order valence-electron chi connectivity index (χ0n) is 8.03. The SMILES string of the molecule is C[C@H]1CN(Cc2nnsc2Cl)CCN1. The van der Waals surface area contributed by atoms with Gasteiger partial charge in [-0.25, -0.2) is 0 Å². The number of aromatic nitrogens is 2. The van der Waals surface area contributed by atoms with Crippen LogP contribution in [0.2, 0.25) is 4.34 Å². The van der Waals surface area contributed by atoms with Gasteiger partial charge in [-0.05, 0) is 6.92 Å². The minimum atomic E-state index is 0.550. The maximum absolute atomic E-state index is 5.95. The van der Waals surface area contributed by atoms with E-state index in [1.54, 1.807) is 0 Å². The summed E-state index contributed by atoms with van der Waals surface area (Å²) in [7, 11) is 0. The van der Waals surface area contributed by atoms with Gasteiger partial charge in [0.25, 0.3) is 0 Å². The fraction of sp³-hybridized carbons (Fsp3) is 0.750. The molecule has 0 unspecified atom stereocenters. The average molecular weight is 233 g/mol. The van der Waals surface area contributed by atoms with E-state index in [0.29, 0.717) is 6.04 Å². The van der Waals surface area contributed by atoms with E-state index < -0.39 is 0 Å². The average Bonchev–Trinajstić information content (AvgIpc) is 2.52. The molecule has 6 heteroatoms. The van der Waals surface area contributed by atoms with Crippen molar-refractivity contribution in [1.29, 1.82) is 0 Å². The van der Waals surface area contributed by atoms with E-state index in [-0.39, 0.29) is 0 Å². The molecule has 78 valence electrons. The van der Waals surface area contributed by atoms with Crippen LogP contribution in [0.5, 0.6) is 0 Å². The number of halogens is 1. The van der Waals surface area contributed by atoms with Crippen LogP contribution in [0.3, 0.4) is 0 Å². The van der Waals surface area contributed by atoms with E-state index in [1.807, 2.05) is 0 Å². The lowest BCUT2D eigenvalue weighted by Crippen LogP contribution is -2.48. The van der Waals surface area contributed by atoms with Gasteiger partial charge in [0.05, 0.1) is 0 Å². The van der Waals surface area contributed by atoms with E-state index in [0.717, 1.165) is 36.2 Å². The Bertz CT molecular complexity index is 303. The summed E-state index contributed by atoms with van der Waals surface area (Å²) in [5.41, 5.74) is 0.908. The molecule has 1 atom stereocenters. The van der Waals surface area contributed by atoms with Gasteiger partial charge in [0.2, 0.25) is 0 Å². The van der Waals surface area contributed by atoms with Gasteiger partial charge in [-0.3, -0.25) is 4.90 Å². The summed E-state index contributed by atoms with van der Waals surface area (Å²) in [5.74, 6) is 0. The number of hydrogen-bond donors (Lipinski definition) is 1. The molecule has 2 rings (SSSR count). The standard InChI is InChI=1S/C8H13ClN4S/c1-6-4-13(3-2-10-6)5-7-8(9)14-12-11-7/h6,10H,2-5H2,1H3/t6-/m0/s1. The third-order valence-electron chi connectivity index (χ3n) is 2.34. The molecule has 0 aromatic carbocycles. The molecule has 0 saturated carbocycles. The van der Waals surface area contributed by atoms with Gasteiger partial charge in [0.1, 0.15) is 10.0 Å². The summed E-state index contributed by atoms with van der Waals surface area (Å²) < 4.78 is 4.54. The third-order valence-corrected chi connectivity index (χ3v) is 3.32. The van der Waals surface area contributed by atoms with Crippen LogP contribution in [0.1, 0.15) is 12.6 Å². The van der Waals surface area contributed by atoms with Gasteiger partial charge in [0.15, 0.2) is 0 Å². The fourth-order valence-corrected chi connectivity index (χ4v) is 2.27. The molecule has 1 saturated heterocycles. The molecule has 1 fully saturated rings. The van der Waals surface area contributed by atoms with E-state index in [4.69, 9.17) is 11.6 Å². The van der Waals surface area contributed by atoms with Crippen molar-refractivity contribution in [3.05, 3.63) is 10.0 Å². The lowest BCUT2D eigenvalue weighted by Gasteiger charge is -2.31. The van der Waals surface area contributed by atoms with Gasteiger partial charge in [-0.15, -0.1) is 5.10 Å². The molecule has 1 aromatic heterocycles. The lowest BCUT2D eigenvalue weighted by molar-refractivity contribution is 0.197. The Kier molecular flexibility index (Phi) is 3.33. The number of hydrogen-bond acceptors (Lipinski definition) is 5. The third kappa shape index (κ3) is 2.42. The Morgan fingerprint density at radius 2 is 2.57 bits per heavy atom. The normalized spacial score (nSPS) is 24.0. The number of nitrogens with zero attached hydrogens (tertiary/aromatic N) is 3. The smallest absolute Gasteiger partial charge is 0.138 e. The van der Waals surface area contributed by atoms with Crippen molar-refractivity contribution in [2.24, 2.45) is 0 Å². The highest BCUT2D eigenvalue weighted by atomic mass is 35.5. The maximum Gasteiger partial charge on any atom is 0.138 e. The highest BCUT2D eigenvalue weighted by Gasteiger charge is 2.17. The Labute approximate surface area is 92.4 Å². The van der Waals surface area contributed by atoms with Crippen LogP contribution < -0.4 is 5.32 Å². The van der Waals surface area contributed by atoms with E-state index in [2.05, 4.69) is 26.7 Å². The first-order valence-electron chi connectivity index (χ1n) is 4.68. The van der Waals surface area contributed by atoms with Gasteiger partial charge >= 0.3 is 0 Å². The van der Waals surface area contributed by atoms with Crippen molar-refractivity contribution in [2.45, 2.75) is 19.5 Å². The molecule has 4 nitrogen and oxygen atoms in total. The number of nitrogens with one attached hydrogen (secondary N) is 1. The van der Waals surface area contributed by atoms with Gasteiger partial charge in [-0.1, -0.05) is 16.1 Å². The highest BCUT2D eigenvalue weighted by Crippen LogP contribution is 2.19. The van der Waals surface area contributed by atoms with Crippen molar-refractivity contribution in [3.8, 4) is 0 Å². The van der Waals surface area contributed by atoms with Crippen LogP contribution >= 0.6 is 23.1 Å². The molecular weight excluding hydrogens is 220 g/mol. The summed E-state index contributed by atoms with van der Waals surface area (Å²) in [5, 5.41) is 7.41. The second-order valence-corrected chi connectivity index (χ2v) is 4.94.